The molecule has 1 aromatic heterocycles. The summed E-state index contributed by atoms with van der Waals surface area (Å²) < 4.78 is 1.11. The molecule has 0 aliphatic carbocycles. The molecule has 0 saturated carbocycles. The minimum Gasteiger partial charge on any atom is -0.339 e. The van der Waals surface area contributed by atoms with Crippen molar-refractivity contribution >= 4 is 21.8 Å². The molecular formula is C15H16BrN3O. The number of rotatable bonds is 2. The van der Waals surface area contributed by atoms with Gasteiger partial charge in [-0.2, -0.15) is 5.10 Å². The van der Waals surface area contributed by atoms with E-state index in [1.165, 1.54) is 5.56 Å². The maximum Gasteiger partial charge on any atom is 0.257 e. The molecule has 1 saturated heterocycles. The smallest absolute Gasteiger partial charge is 0.257 e. The summed E-state index contributed by atoms with van der Waals surface area (Å²) in [5, 5.41) is 6.52. The standard InChI is InChI=1S/C15H16BrN3O/c16-14-3-1-11(2-4-14)12-5-7-19(8-6-12)15(20)13-9-17-18-10-13/h1-4,9-10,12H,5-8H2,(H,17,18). The Kier molecular flexibility index (Phi) is 3.87. The van der Waals surface area contributed by atoms with Crippen molar-refractivity contribution in [3.63, 3.8) is 0 Å². The zero-order valence-corrected chi connectivity index (χ0v) is 12.6. The van der Waals surface area contributed by atoms with Crippen LogP contribution < -0.4 is 0 Å². The van der Waals surface area contributed by atoms with Crippen LogP contribution in [0.1, 0.15) is 34.7 Å². The number of nitrogens with one attached hydrogen (secondary N) is 1. The molecule has 1 aliphatic heterocycles. The van der Waals surface area contributed by atoms with Gasteiger partial charge in [0.15, 0.2) is 0 Å². The maximum atomic E-state index is 12.2. The highest BCUT2D eigenvalue weighted by molar-refractivity contribution is 9.10. The number of hydrogen-bond acceptors (Lipinski definition) is 2. The summed E-state index contributed by atoms with van der Waals surface area (Å²) in [6, 6.07) is 8.50. The third kappa shape index (κ3) is 2.77. The molecule has 1 N–H and O–H groups in total. The van der Waals surface area contributed by atoms with E-state index in [1.807, 2.05) is 4.90 Å². The van der Waals surface area contributed by atoms with Crippen LogP contribution in [0.5, 0.6) is 0 Å². The highest BCUT2D eigenvalue weighted by atomic mass is 79.9. The Morgan fingerprint density at radius 1 is 1.25 bits per heavy atom. The van der Waals surface area contributed by atoms with Crippen molar-refractivity contribution in [2.45, 2.75) is 18.8 Å². The van der Waals surface area contributed by atoms with Gasteiger partial charge in [0.05, 0.1) is 11.8 Å². The molecule has 104 valence electrons. The van der Waals surface area contributed by atoms with Crippen molar-refractivity contribution in [3.8, 4) is 0 Å². The second-order valence-electron chi connectivity index (χ2n) is 5.11. The molecule has 0 unspecified atom stereocenters. The number of halogens is 1. The number of amides is 1. The fraction of sp³-hybridized carbons (Fsp3) is 0.333. The van der Waals surface area contributed by atoms with Crippen molar-refractivity contribution in [3.05, 3.63) is 52.3 Å². The molecule has 1 amide bonds. The van der Waals surface area contributed by atoms with Crippen LogP contribution in [0.4, 0.5) is 0 Å². The number of aromatic amines is 1. The summed E-state index contributed by atoms with van der Waals surface area (Å²) in [7, 11) is 0. The van der Waals surface area contributed by atoms with Crippen LogP contribution in [0.15, 0.2) is 41.1 Å². The molecule has 20 heavy (non-hydrogen) atoms. The van der Waals surface area contributed by atoms with E-state index >= 15 is 0 Å². The molecule has 3 rings (SSSR count). The largest absolute Gasteiger partial charge is 0.339 e. The van der Waals surface area contributed by atoms with Crippen LogP contribution in [-0.4, -0.2) is 34.1 Å². The van der Waals surface area contributed by atoms with Gasteiger partial charge in [0.1, 0.15) is 0 Å². The van der Waals surface area contributed by atoms with Gasteiger partial charge in [0.2, 0.25) is 0 Å². The number of likely N-dealkylation sites (tertiary alicyclic amines) is 1. The number of carbonyl (C=O) groups is 1. The number of benzene rings is 1. The summed E-state index contributed by atoms with van der Waals surface area (Å²) in [5.41, 5.74) is 2.01. The predicted molar refractivity (Wildman–Crippen MR) is 80.6 cm³/mol. The van der Waals surface area contributed by atoms with Crippen LogP contribution in [0.25, 0.3) is 0 Å². The van der Waals surface area contributed by atoms with E-state index in [0.717, 1.165) is 30.4 Å². The van der Waals surface area contributed by atoms with Crippen LogP contribution >= 0.6 is 15.9 Å². The van der Waals surface area contributed by atoms with E-state index in [0.29, 0.717) is 11.5 Å². The Bertz CT molecular complexity index is 572. The first-order valence-corrected chi connectivity index (χ1v) is 7.57. The van der Waals surface area contributed by atoms with Crippen LogP contribution in [0.2, 0.25) is 0 Å². The lowest BCUT2D eigenvalue weighted by atomic mass is 9.89. The maximum absolute atomic E-state index is 12.2. The van der Waals surface area contributed by atoms with Gasteiger partial charge < -0.3 is 4.90 Å². The fourth-order valence-corrected chi connectivity index (χ4v) is 2.97. The summed E-state index contributed by atoms with van der Waals surface area (Å²) in [5.74, 6) is 0.629. The van der Waals surface area contributed by atoms with Gasteiger partial charge in [-0.3, -0.25) is 9.89 Å². The van der Waals surface area contributed by atoms with Crippen molar-refractivity contribution in [2.75, 3.05) is 13.1 Å². The van der Waals surface area contributed by atoms with Gasteiger partial charge in [-0.1, -0.05) is 28.1 Å². The quantitative estimate of drug-likeness (QED) is 0.917. The van der Waals surface area contributed by atoms with Gasteiger partial charge in [-0.15, -0.1) is 0 Å². The van der Waals surface area contributed by atoms with Crippen LogP contribution in [0.3, 0.4) is 0 Å². The Labute approximate surface area is 126 Å². The van der Waals surface area contributed by atoms with Crippen molar-refractivity contribution in [1.82, 2.24) is 15.1 Å². The van der Waals surface area contributed by atoms with Gasteiger partial charge >= 0.3 is 0 Å². The summed E-state index contributed by atoms with van der Waals surface area (Å²) in [6.45, 7) is 1.62. The third-order valence-corrected chi connectivity index (χ3v) is 4.40. The number of H-pyrrole nitrogens is 1. The molecule has 0 radical (unpaired) electrons. The molecule has 0 spiro atoms. The first-order valence-electron chi connectivity index (χ1n) is 6.77. The van der Waals surface area contributed by atoms with Gasteiger partial charge in [0.25, 0.3) is 5.91 Å². The number of carbonyl (C=O) groups excluding carboxylic acids is 1. The number of nitrogens with zero attached hydrogens (tertiary/aromatic N) is 2. The Balaban J connectivity index is 1.62. The molecule has 2 heterocycles. The molecule has 1 fully saturated rings. The monoisotopic (exact) mass is 333 g/mol. The predicted octanol–water partition coefficient (Wildman–Crippen LogP) is 3.19. The third-order valence-electron chi connectivity index (χ3n) is 3.87. The van der Waals surface area contributed by atoms with Crippen molar-refractivity contribution < 1.29 is 4.79 Å². The Hall–Kier alpha value is -1.62. The molecule has 4 nitrogen and oxygen atoms in total. The van der Waals surface area contributed by atoms with Gasteiger partial charge in [0, 0.05) is 23.8 Å². The van der Waals surface area contributed by atoms with E-state index in [-0.39, 0.29) is 5.91 Å². The van der Waals surface area contributed by atoms with E-state index in [4.69, 9.17) is 0 Å². The molecule has 1 aliphatic rings. The lowest BCUT2D eigenvalue weighted by molar-refractivity contribution is 0.0713. The lowest BCUT2D eigenvalue weighted by Gasteiger charge is -2.32. The minimum atomic E-state index is 0.0769. The van der Waals surface area contributed by atoms with E-state index in [2.05, 4.69) is 50.4 Å². The normalized spacial score (nSPS) is 16.4. The molecular weight excluding hydrogens is 318 g/mol. The topological polar surface area (TPSA) is 49.0 Å². The second-order valence-corrected chi connectivity index (χ2v) is 6.02. The minimum absolute atomic E-state index is 0.0769. The first-order chi connectivity index (χ1) is 9.74. The molecule has 0 bridgehead atoms. The number of aromatic nitrogens is 2. The Morgan fingerprint density at radius 3 is 2.55 bits per heavy atom. The lowest BCUT2D eigenvalue weighted by Crippen LogP contribution is -2.37. The van der Waals surface area contributed by atoms with Crippen LogP contribution in [0, 0.1) is 0 Å². The zero-order valence-electron chi connectivity index (χ0n) is 11.1. The van der Waals surface area contributed by atoms with Crippen molar-refractivity contribution in [1.29, 1.82) is 0 Å². The summed E-state index contributed by atoms with van der Waals surface area (Å²) >= 11 is 3.46. The van der Waals surface area contributed by atoms with E-state index in [1.54, 1.807) is 12.4 Å². The first kappa shape index (κ1) is 13.4. The number of piperidine rings is 1. The highest BCUT2D eigenvalue weighted by Crippen LogP contribution is 2.29. The molecule has 0 atom stereocenters. The second kappa shape index (κ2) is 5.79. The number of hydrogen-bond donors (Lipinski definition) is 1. The molecule has 5 heteroatoms. The summed E-state index contributed by atoms with van der Waals surface area (Å²) in [4.78, 5) is 14.1. The molecule has 2 aromatic rings. The fourth-order valence-electron chi connectivity index (χ4n) is 2.70. The summed E-state index contributed by atoms with van der Waals surface area (Å²) in [6.07, 6.45) is 5.28. The van der Waals surface area contributed by atoms with E-state index < -0.39 is 0 Å². The zero-order chi connectivity index (χ0) is 13.9. The van der Waals surface area contributed by atoms with Crippen LogP contribution in [-0.2, 0) is 0 Å². The average molecular weight is 334 g/mol. The Morgan fingerprint density at radius 2 is 1.95 bits per heavy atom. The highest BCUT2D eigenvalue weighted by Gasteiger charge is 2.24. The van der Waals surface area contributed by atoms with Crippen molar-refractivity contribution in [2.24, 2.45) is 0 Å². The average Bonchev–Trinajstić information content (AvgIpc) is 3.02. The molecule has 1 aromatic carbocycles. The SMILES string of the molecule is O=C(c1cn[nH]c1)N1CCC(c2ccc(Br)cc2)CC1. The van der Waals surface area contributed by atoms with Gasteiger partial charge in [-0.05, 0) is 36.5 Å². The van der Waals surface area contributed by atoms with E-state index in [9.17, 15) is 4.79 Å². The van der Waals surface area contributed by atoms with Gasteiger partial charge in [-0.25, -0.2) is 0 Å².